The molecule has 4 N–H and O–H groups in total. The van der Waals surface area contributed by atoms with Gasteiger partial charge in [0.2, 0.25) is 5.91 Å². The van der Waals surface area contributed by atoms with Gasteiger partial charge in [-0.15, -0.1) is 0 Å². The van der Waals surface area contributed by atoms with E-state index in [-0.39, 0.29) is 6.42 Å². The summed E-state index contributed by atoms with van der Waals surface area (Å²) in [6, 6.07) is 8.37. The number of nitrogens with one attached hydrogen (secondary N) is 2. The maximum atomic E-state index is 12.0. The molecule has 0 radical (unpaired) electrons. The lowest BCUT2D eigenvalue weighted by atomic mass is 10.0. The molecule has 102 valence electrons. The molecule has 1 rings (SSSR count). The summed E-state index contributed by atoms with van der Waals surface area (Å²) in [6.45, 7) is 2.90. The zero-order valence-electron chi connectivity index (χ0n) is 10.9. The molecule has 19 heavy (non-hydrogen) atoms. The van der Waals surface area contributed by atoms with E-state index in [1.54, 1.807) is 37.3 Å². The number of benzene rings is 1. The predicted molar refractivity (Wildman–Crippen MR) is 69.9 cm³/mol. The summed E-state index contributed by atoms with van der Waals surface area (Å²) in [5.74, 6) is -1.74. The normalized spacial score (nSPS) is 13.2. The maximum absolute atomic E-state index is 12.0. The summed E-state index contributed by atoms with van der Waals surface area (Å²) in [5.41, 5.74) is 4.10. The highest BCUT2D eigenvalue weighted by Gasteiger charge is 2.37. The van der Waals surface area contributed by atoms with Crippen molar-refractivity contribution in [2.45, 2.75) is 25.9 Å². The fourth-order valence-electron chi connectivity index (χ4n) is 1.66. The van der Waals surface area contributed by atoms with Crippen LogP contribution >= 0.6 is 0 Å². The second-order valence-corrected chi connectivity index (χ2v) is 4.12. The van der Waals surface area contributed by atoms with E-state index in [0.29, 0.717) is 5.56 Å². The third-order valence-electron chi connectivity index (χ3n) is 2.70. The van der Waals surface area contributed by atoms with Crippen molar-refractivity contribution in [1.29, 1.82) is 0 Å². The van der Waals surface area contributed by atoms with Gasteiger partial charge in [0.25, 0.3) is 11.8 Å². The molecule has 1 unspecified atom stereocenters. The van der Waals surface area contributed by atoms with Crippen LogP contribution in [0.4, 0.5) is 0 Å². The molecule has 0 bridgehead atoms. The van der Waals surface area contributed by atoms with Crippen molar-refractivity contribution in [2.24, 2.45) is 5.73 Å². The molecule has 0 heterocycles. The van der Waals surface area contributed by atoms with Gasteiger partial charge >= 0.3 is 0 Å². The van der Waals surface area contributed by atoms with Crippen molar-refractivity contribution >= 4 is 17.7 Å². The number of nitrogens with two attached hydrogens (primary N) is 1. The van der Waals surface area contributed by atoms with E-state index in [9.17, 15) is 14.4 Å². The largest absolute Gasteiger partial charge is 0.366 e. The number of hydrogen-bond donors (Lipinski definition) is 3. The Morgan fingerprint density at radius 3 is 2.16 bits per heavy atom. The Morgan fingerprint density at radius 1 is 1.16 bits per heavy atom. The van der Waals surface area contributed by atoms with Gasteiger partial charge < -0.3 is 16.4 Å². The molecule has 0 aromatic heterocycles. The molecule has 6 heteroatoms. The van der Waals surface area contributed by atoms with E-state index >= 15 is 0 Å². The van der Waals surface area contributed by atoms with Crippen LogP contribution in [0.15, 0.2) is 30.3 Å². The third kappa shape index (κ3) is 3.54. The molecule has 1 aromatic rings. The molecule has 0 saturated heterocycles. The number of amides is 3. The number of carbonyl (C=O) groups excluding carboxylic acids is 3. The summed E-state index contributed by atoms with van der Waals surface area (Å²) in [6.07, 6.45) is 0.153. The Labute approximate surface area is 111 Å². The Balaban J connectivity index is 2.98. The summed E-state index contributed by atoms with van der Waals surface area (Å²) in [4.78, 5) is 34.8. The van der Waals surface area contributed by atoms with Gasteiger partial charge in [-0.2, -0.15) is 0 Å². The monoisotopic (exact) mass is 263 g/mol. The van der Waals surface area contributed by atoms with E-state index in [1.807, 2.05) is 0 Å². The van der Waals surface area contributed by atoms with E-state index in [2.05, 4.69) is 10.6 Å². The Morgan fingerprint density at radius 2 is 1.74 bits per heavy atom. The second kappa shape index (κ2) is 5.99. The summed E-state index contributed by atoms with van der Waals surface area (Å²) in [5, 5.41) is 4.88. The van der Waals surface area contributed by atoms with Crippen molar-refractivity contribution in [2.75, 3.05) is 0 Å². The van der Waals surface area contributed by atoms with Crippen molar-refractivity contribution in [3.63, 3.8) is 0 Å². The molecule has 3 amide bonds. The third-order valence-corrected chi connectivity index (χ3v) is 2.70. The molecule has 0 aliphatic carbocycles. The lowest BCUT2D eigenvalue weighted by Gasteiger charge is -2.31. The van der Waals surface area contributed by atoms with Crippen LogP contribution in [0, 0.1) is 0 Å². The van der Waals surface area contributed by atoms with Gasteiger partial charge in [-0.1, -0.05) is 25.1 Å². The second-order valence-electron chi connectivity index (χ2n) is 4.12. The first kappa shape index (κ1) is 14.7. The first-order chi connectivity index (χ1) is 8.91. The van der Waals surface area contributed by atoms with Crippen molar-refractivity contribution in [1.82, 2.24) is 10.6 Å². The highest BCUT2D eigenvalue weighted by atomic mass is 16.2. The van der Waals surface area contributed by atoms with Gasteiger partial charge in [-0.25, -0.2) is 0 Å². The summed E-state index contributed by atoms with van der Waals surface area (Å²) < 4.78 is 0. The van der Waals surface area contributed by atoms with E-state index in [1.165, 1.54) is 6.92 Å². The summed E-state index contributed by atoms with van der Waals surface area (Å²) >= 11 is 0. The molecule has 1 atom stereocenters. The zero-order chi connectivity index (χ0) is 14.5. The molecule has 0 aliphatic rings. The number of hydrogen-bond acceptors (Lipinski definition) is 3. The van der Waals surface area contributed by atoms with Crippen LogP contribution in [-0.2, 0) is 9.59 Å². The predicted octanol–water partition coefficient (Wildman–Crippen LogP) is 0.144. The van der Waals surface area contributed by atoms with Crippen molar-refractivity contribution in [3.8, 4) is 0 Å². The topological polar surface area (TPSA) is 101 Å². The van der Waals surface area contributed by atoms with Crippen LogP contribution in [0.2, 0.25) is 0 Å². The average Bonchev–Trinajstić information content (AvgIpc) is 2.38. The first-order valence-corrected chi connectivity index (χ1v) is 5.87. The van der Waals surface area contributed by atoms with Gasteiger partial charge in [0.05, 0.1) is 0 Å². The lowest BCUT2D eigenvalue weighted by Crippen LogP contribution is -2.67. The van der Waals surface area contributed by atoms with Crippen LogP contribution in [-0.4, -0.2) is 23.4 Å². The van der Waals surface area contributed by atoms with E-state index in [4.69, 9.17) is 5.73 Å². The van der Waals surface area contributed by atoms with Gasteiger partial charge in [0, 0.05) is 12.5 Å². The Kier molecular flexibility index (Phi) is 4.63. The summed E-state index contributed by atoms with van der Waals surface area (Å²) in [7, 11) is 0. The van der Waals surface area contributed by atoms with Crippen LogP contribution < -0.4 is 16.4 Å². The molecule has 6 nitrogen and oxygen atoms in total. The molecule has 1 aromatic carbocycles. The number of carbonyl (C=O) groups is 3. The van der Waals surface area contributed by atoms with Crippen LogP contribution in [0.25, 0.3) is 0 Å². The minimum Gasteiger partial charge on any atom is -0.366 e. The molecular formula is C13H17N3O3. The van der Waals surface area contributed by atoms with E-state index in [0.717, 1.165) is 0 Å². The maximum Gasteiger partial charge on any atom is 0.264 e. The highest BCUT2D eigenvalue weighted by Crippen LogP contribution is 2.08. The van der Waals surface area contributed by atoms with E-state index < -0.39 is 23.4 Å². The molecule has 0 saturated carbocycles. The average molecular weight is 263 g/mol. The quantitative estimate of drug-likeness (QED) is 0.659. The minimum absolute atomic E-state index is 0.153. The Hall–Kier alpha value is -2.37. The van der Waals surface area contributed by atoms with Crippen LogP contribution in [0.3, 0.4) is 0 Å². The zero-order valence-corrected chi connectivity index (χ0v) is 10.9. The Bertz CT molecular complexity index is 487. The van der Waals surface area contributed by atoms with Crippen molar-refractivity contribution < 1.29 is 14.4 Å². The first-order valence-electron chi connectivity index (χ1n) is 5.87. The number of rotatable bonds is 5. The van der Waals surface area contributed by atoms with Gasteiger partial charge in [-0.05, 0) is 18.6 Å². The fraction of sp³-hybridized carbons (Fsp3) is 0.308. The molecule has 0 spiro atoms. The van der Waals surface area contributed by atoms with Gasteiger partial charge in [-0.3, -0.25) is 14.4 Å². The molecular weight excluding hydrogens is 246 g/mol. The smallest absolute Gasteiger partial charge is 0.264 e. The number of primary amides is 1. The van der Waals surface area contributed by atoms with Gasteiger partial charge in [0.15, 0.2) is 5.66 Å². The molecule has 0 aliphatic heterocycles. The standard InChI is InChI=1S/C13H17N3O3/c1-3-13(12(14)19,15-9(2)17)16-11(18)10-7-5-4-6-8-10/h4-8H,3H2,1-2H3,(H2,14,19)(H,15,17)(H,16,18). The highest BCUT2D eigenvalue weighted by molar-refractivity contribution is 6.00. The SMILES string of the molecule is CCC(NC(C)=O)(NC(=O)c1ccccc1)C(N)=O. The fourth-order valence-corrected chi connectivity index (χ4v) is 1.66. The van der Waals surface area contributed by atoms with Crippen molar-refractivity contribution in [3.05, 3.63) is 35.9 Å². The minimum atomic E-state index is -1.57. The van der Waals surface area contributed by atoms with Crippen LogP contribution in [0.1, 0.15) is 30.6 Å². The van der Waals surface area contributed by atoms with Gasteiger partial charge in [0.1, 0.15) is 0 Å². The van der Waals surface area contributed by atoms with Crippen LogP contribution in [0.5, 0.6) is 0 Å². The lowest BCUT2D eigenvalue weighted by molar-refractivity contribution is -0.131. The molecule has 0 fully saturated rings.